The van der Waals surface area contributed by atoms with Crippen molar-refractivity contribution in [3.8, 4) is 0 Å². The summed E-state index contributed by atoms with van der Waals surface area (Å²) >= 11 is 0. The van der Waals surface area contributed by atoms with Gasteiger partial charge < -0.3 is 14.9 Å². The predicted molar refractivity (Wildman–Crippen MR) is 69.2 cm³/mol. The van der Waals surface area contributed by atoms with Gasteiger partial charge in [-0.05, 0) is 36.7 Å². The lowest BCUT2D eigenvalue weighted by molar-refractivity contribution is -0.153. The molecule has 1 aliphatic heterocycles. The molecule has 6 atom stereocenters. The highest BCUT2D eigenvalue weighted by molar-refractivity contribution is 5.85. The summed E-state index contributed by atoms with van der Waals surface area (Å²) in [4.78, 5) is 12.2. The Bertz CT molecular complexity index is 427. The Kier molecular flexibility index (Phi) is 2.64. The molecule has 4 nitrogen and oxygen atoms in total. The van der Waals surface area contributed by atoms with Crippen LogP contribution in [0.25, 0.3) is 0 Å². The summed E-state index contributed by atoms with van der Waals surface area (Å²) in [6.07, 6.45) is 0.808. The fraction of sp³-hybridized carbons (Fsp3) is 0.800. The van der Waals surface area contributed by atoms with E-state index in [2.05, 4.69) is 13.5 Å². The number of ether oxygens (including phenoxy) is 1. The van der Waals surface area contributed by atoms with Gasteiger partial charge in [0.15, 0.2) is 0 Å². The average molecular weight is 266 g/mol. The van der Waals surface area contributed by atoms with Crippen molar-refractivity contribution in [1.29, 1.82) is 0 Å². The van der Waals surface area contributed by atoms with Gasteiger partial charge in [0.1, 0.15) is 12.0 Å². The number of hydrogen-bond donors (Lipinski definition) is 2. The van der Waals surface area contributed by atoms with Crippen LogP contribution in [0.1, 0.15) is 33.1 Å². The Balaban J connectivity index is 2.06. The molecule has 2 N–H and O–H groups in total. The molecule has 3 fully saturated rings. The quantitative estimate of drug-likeness (QED) is 0.512. The van der Waals surface area contributed by atoms with Crippen LogP contribution in [0.4, 0.5) is 0 Å². The zero-order chi connectivity index (χ0) is 14.0. The number of rotatable bonds is 0. The molecular weight excluding hydrogens is 244 g/mol. The van der Waals surface area contributed by atoms with Gasteiger partial charge in [-0.25, -0.2) is 0 Å². The van der Waals surface area contributed by atoms with Gasteiger partial charge in [0, 0.05) is 5.41 Å². The maximum absolute atomic E-state index is 12.2. The van der Waals surface area contributed by atoms with Crippen LogP contribution in [0.5, 0.6) is 0 Å². The van der Waals surface area contributed by atoms with Crippen molar-refractivity contribution in [3.63, 3.8) is 0 Å². The first kappa shape index (κ1) is 13.1. The van der Waals surface area contributed by atoms with Crippen molar-refractivity contribution in [3.05, 3.63) is 12.2 Å². The van der Waals surface area contributed by atoms with E-state index in [0.29, 0.717) is 24.8 Å². The number of cyclic esters (lactones) is 1. The molecule has 0 bridgehead atoms. The van der Waals surface area contributed by atoms with Crippen LogP contribution in [-0.4, -0.2) is 35.0 Å². The molecule has 2 aliphatic carbocycles. The molecule has 1 saturated heterocycles. The lowest BCUT2D eigenvalue weighted by Gasteiger charge is -2.46. The summed E-state index contributed by atoms with van der Waals surface area (Å²) in [7, 11) is 0. The molecule has 1 heterocycles. The number of esters is 1. The molecule has 3 aliphatic rings. The molecule has 0 radical (unpaired) electrons. The molecule has 1 spiro atoms. The maximum Gasteiger partial charge on any atom is 0.319 e. The smallest absolute Gasteiger partial charge is 0.319 e. The molecule has 0 aromatic rings. The number of carbonyl (C=O) groups excluding carboxylic acids is 1. The minimum absolute atomic E-state index is 0.142. The Morgan fingerprint density at radius 3 is 2.63 bits per heavy atom. The average Bonchev–Trinajstić information content (AvgIpc) is 2.74. The minimum Gasteiger partial charge on any atom is -0.460 e. The van der Waals surface area contributed by atoms with E-state index < -0.39 is 11.5 Å². The first-order chi connectivity index (χ1) is 8.83. The third-order valence-electron chi connectivity index (χ3n) is 6.12. The minimum atomic E-state index is -0.933. The largest absolute Gasteiger partial charge is 0.460 e. The van der Waals surface area contributed by atoms with Crippen molar-refractivity contribution in [1.82, 2.24) is 0 Å². The molecule has 0 aromatic carbocycles. The van der Waals surface area contributed by atoms with Gasteiger partial charge in [0.2, 0.25) is 0 Å². The summed E-state index contributed by atoms with van der Waals surface area (Å²) in [6, 6.07) is 0. The molecule has 4 heteroatoms. The van der Waals surface area contributed by atoms with Crippen LogP contribution < -0.4 is 0 Å². The highest BCUT2D eigenvalue weighted by Crippen LogP contribution is 2.64. The Morgan fingerprint density at radius 1 is 1.37 bits per heavy atom. The fourth-order valence-corrected chi connectivity index (χ4v) is 4.66. The van der Waals surface area contributed by atoms with E-state index in [1.54, 1.807) is 0 Å². The third kappa shape index (κ3) is 1.39. The summed E-state index contributed by atoms with van der Waals surface area (Å²) in [5.41, 5.74) is -0.578. The molecule has 2 saturated carbocycles. The maximum atomic E-state index is 12.2. The SMILES string of the molecule is C=C1COC(=O)[C@]12C[C@H]1C[C@H](O)C[C@H](C)[C@@]1(C)[C@@H]2O. The number of hydrogen-bond acceptors (Lipinski definition) is 4. The van der Waals surface area contributed by atoms with Crippen molar-refractivity contribution in [2.45, 2.75) is 45.3 Å². The van der Waals surface area contributed by atoms with Crippen molar-refractivity contribution >= 4 is 5.97 Å². The van der Waals surface area contributed by atoms with E-state index in [1.807, 2.05) is 6.92 Å². The number of fused-ring (bicyclic) bond motifs is 1. The van der Waals surface area contributed by atoms with Gasteiger partial charge in [-0.15, -0.1) is 0 Å². The first-order valence-electron chi connectivity index (χ1n) is 7.05. The normalized spacial score (nSPS) is 53.5. The van der Waals surface area contributed by atoms with E-state index >= 15 is 0 Å². The Labute approximate surface area is 113 Å². The zero-order valence-corrected chi connectivity index (χ0v) is 11.6. The van der Waals surface area contributed by atoms with E-state index in [1.165, 1.54) is 0 Å². The number of aliphatic hydroxyl groups is 2. The van der Waals surface area contributed by atoms with Gasteiger partial charge in [0.05, 0.1) is 12.2 Å². The van der Waals surface area contributed by atoms with Gasteiger partial charge in [-0.2, -0.15) is 0 Å². The van der Waals surface area contributed by atoms with Crippen LogP contribution >= 0.6 is 0 Å². The summed E-state index contributed by atoms with van der Waals surface area (Å²) in [5, 5.41) is 20.9. The van der Waals surface area contributed by atoms with Gasteiger partial charge >= 0.3 is 5.97 Å². The molecule has 0 amide bonds. The van der Waals surface area contributed by atoms with E-state index in [0.717, 1.165) is 0 Å². The summed E-state index contributed by atoms with van der Waals surface area (Å²) in [6.45, 7) is 8.28. The lowest BCUT2D eigenvalue weighted by atomic mass is 9.61. The van der Waals surface area contributed by atoms with Crippen molar-refractivity contribution < 1.29 is 19.7 Å². The van der Waals surface area contributed by atoms with Crippen LogP contribution in [0.15, 0.2) is 12.2 Å². The fourth-order valence-electron chi connectivity index (χ4n) is 4.66. The molecule has 0 unspecified atom stereocenters. The van der Waals surface area contributed by atoms with Gasteiger partial charge in [-0.3, -0.25) is 4.79 Å². The molecular formula is C15H22O4. The second kappa shape index (κ2) is 3.83. The van der Waals surface area contributed by atoms with Gasteiger partial charge in [0.25, 0.3) is 0 Å². The highest BCUT2D eigenvalue weighted by Gasteiger charge is 2.69. The number of carbonyl (C=O) groups is 1. The Morgan fingerprint density at radius 2 is 2.05 bits per heavy atom. The summed E-state index contributed by atoms with van der Waals surface area (Å²) in [5.74, 6) is -0.0113. The van der Waals surface area contributed by atoms with E-state index in [9.17, 15) is 15.0 Å². The molecule has 3 rings (SSSR count). The van der Waals surface area contributed by atoms with Crippen LogP contribution in [0.2, 0.25) is 0 Å². The van der Waals surface area contributed by atoms with E-state index in [-0.39, 0.29) is 35.9 Å². The number of aliphatic hydroxyl groups excluding tert-OH is 2. The van der Waals surface area contributed by atoms with Crippen LogP contribution in [0.3, 0.4) is 0 Å². The second-order valence-corrected chi connectivity index (χ2v) is 6.85. The van der Waals surface area contributed by atoms with E-state index in [4.69, 9.17) is 4.74 Å². The second-order valence-electron chi connectivity index (χ2n) is 6.85. The zero-order valence-electron chi connectivity index (χ0n) is 11.6. The monoisotopic (exact) mass is 266 g/mol. The van der Waals surface area contributed by atoms with Crippen LogP contribution in [-0.2, 0) is 9.53 Å². The Hall–Kier alpha value is -0.870. The molecule has 19 heavy (non-hydrogen) atoms. The standard InChI is InChI=1S/C15H22O4/c1-8-4-11(16)5-10-6-15(12(17)14(8,10)3)9(2)7-19-13(15)18/h8,10-12,16-17H,2,4-7H2,1,3H3/t8-,10+,11+,12-,14+,15+/m0/s1. The molecule has 106 valence electrons. The van der Waals surface area contributed by atoms with Gasteiger partial charge in [-0.1, -0.05) is 20.4 Å². The highest BCUT2D eigenvalue weighted by atomic mass is 16.5. The third-order valence-corrected chi connectivity index (χ3v) is 6.12. The first-order valence-corrected chi connectivity index (χ1v) is 7.05. The van der Waals surface area contributed by atoms with Crippen LogP contribution in [0, 0.1) is 22.7 Å². The predicted octanol–water partition coefficient (Wildman–Crippen LogP) is 1.26. The lowest BCUT2D eigenvalue weighted by Crippen LogP contribution is -2.49. The summed E-state index contributed by atoms with van der Waals surface area (Å²) < 4.78 is 5.13. The van der Waals surface area contributed by atoms with Crippen molar-refractivity contribution in [2.75, 3.05) is 6.61 Å². The molecule has 0 aromatic heterocycles. The van der Waals surface area contributed by atoms with Crippen molar-refractivity contribution in [2.24, 2.45) is 22.7 Å². The topological polar surface area (TPSA) is 66.8 Å².